The van der Waals surface area contributed by atoms with Gasteiger partial charge in [-0.15, -0.1) is 0 Å². The zero-order valence-corrected chi connectivity index (χ0v) is 13.8. The summed E-state index contributed by atoms with van der Waals surface area (Å²) in [5.41, 5.74) is -0.896. The molecule has 0 heterocycles. The normalized spacial score (nSPS) is 25.0. The zero-order chi connectivity index (χ0) is 17.2. The number of hydrogen-bond acceptors (Lipinski definition) is 1. The van der Waals surface area contributed by atoms with Gasteiger partial charge in [0.05, 0.1) is 16.3 Å². The first-order valence-corrected chi connectivity index (χ1v) is 8.00. The second kappa shape index (κ2) is 6.99. The number of rotatable bonds is 2. The Bertz CT molecular complexity index is 577. The van der Waals surface area contributed by atoms with E-state index in [1.165, 1.54) is 0 Å². The molecule has 0 bridgehead atoms. The summed E-state index contributed by atoms with van der Waals surface area (Å²) in [6.45, 7) is 4.21. The van der Waals surface area contributed by atoms with Gasteiger partial charge in [0.25, 0.3) is 0 Å². The molecule has 1 fully saturated rings. The summed E-state index contributed by atoms with van der Waals surface area (Å²) in [6, 6.07) is 2.34. The van der Waals surface area contributed by atoms with E-state index in [0.29, 0.717) is 11.8 Å². The average molecular weight is 349 g/mol. The molecule has 23 heavy (non-hydrogen) atoms. The molecule has 0 aliphatic heterocycles. The standard InChI is InChI=1S/C16H20ClF3N2O/c1-9-4-3-5-13(10(9)2)21-15(23)22-14-8-11(16(18,19)20)6-7-12(14)17/h6-10,13H,3-5H2,1-2H3,(H2,21,22,23)/t9-,10-,13-/m1/s1. The lowest BCUT2D eigenvalue weighted by molar-refractivity contribution is -0.137. The highest BCUT2D eigenvalue weighted by Crippen LogP contribution is 2.34. The maximum atomic E-state index is 12.7. The fourth-order valence-corrected chi connectivity index (χ4v) is 3.07. The van der Waals surface area contributed by atoms with Crippen molar-refractivity contribution in [3.8, 4) is 0 Å². The third-order valence-corrected chi connectivity index (χ3v) is 4.89. The molecule has 0 saturated heterocycles. The van der Waals surface area contributed by atoms with E-state index in [0.717, 1.165) is 37.5 Å². The highest BCUT2D eigenvalue weighted by atomic mass is 35.5. The summed E-state index contributed by atoms with van der Waals surface area (Å²) < 4.78 is 38.2. The number of amides is 2. The third-order valence-electron chi connectivity index (χ3n) is 4.57. The predicted octanol–water partition coefficient (Wildman–Crippen LogP) is 5.31. The van der Waals surface area contributed by atoms with Gasteiger partial charge in [0.1, 0.15) is 0 Å². The number of carbonyl (C=O) groups excluding carboxylic acids is 1. The summed E-state index contributed by atoms with van der Waals surface area (Å²) in [4.78, 5) is 12.1. The van der Waals surface area contributed by atoms with E-state index < -0.39 is 17.8 Å². The lowest BCUT2D eigenvalue weighted by atomic mass is 9.78. The summed E-state index contributed by atoms with van der Waals surface area (Å²) in [5, 5.41) is 5.33. The first-order valence-electron chi connectivity index (χ1n) is 7.62. The van der Waals surface area contributed by atoms with E-state index in [2.05, 4.69) is 24.5 Å². The number of alkyl halides is 3. The van der Waals surface area contributed by atoms with E-state index >= 15 is 0 Å². The Hall–Kier alpha value is -1.43. The van der Waals surface area contributed by atoms with Crippen molar-refractivity contribution < 1.29 is 18.0 Å². The topological polar surface area (TPSA) is 41.1 Å². The number of halogens is 4. The highest BCUT2D eigenvalue weighted by molar-refractivity contribution is 6.33. The third kappa shape index (κ3) is 4.53. The molecule has 7 heteroatoms. The first-order chi connectivity index (χ1) is 10.7. The second-order valence-corrected chi connectivity index (χ2v) is 6.57. The van der Waals surface area contributed by atoms with Crippen LogP contribution in [0.3, 0.4) is 0 Å². The molecule has 1 aliphatic carbocycles. The Morgan fingerprint density at radius 2 is 1.96 bits per heavy atom. The Labute approximate surface area is 138 Å². The highest BCUT2D eigenvalue weighted by Gasteiger charge is 2.31. The summed E-state index contributed by atoms with van der Waals surface area (Å²) in [7, 11) is 0. The molecule has 3 nitrogen and oxygen atoms in total. The van der Waals surface area contributed by atoms with Crippen molar-refractivity contribution in [1.29, 1.82) is 0 Å². The first kappa shape index (κ1) is 17.9. The van der Waals surface area contributed by atoms with E-state index in [1.54, 1.807) is 0 Å². The number of nitrogens with one attached hydrogen (secondary N) is 2. The van der Waals surface area contributed by atoms with Crippen LogP contribution < -0.4 is 10.6 Å². The van der Waals surface area contributed by atoms with Gasteiger partial charge >= 0.3 is 12.2 Å². The van der Waals surface area contributed by atoms with Gasteiger partial charge in [0.15, 0.2) is 0 Å². The largest absolute Gasteiger partial charge is 0.416 e. The van der Waals surface area contributed by atoms with Crippen LogP contribution in [0.5, 0.6) is 0 Å². The predicted molar refractivity (Wildman–Crippen MR) is 84.6 cm³/mol. The lowest BCUT2D eigenvalue weighted by Gasteiger charge is -2.34. The van der Waals surface area contributed by atoms with Gasteiger partial charge in [0.2, 0.25) is 0 Å². The van der Waals surface area contributed by atoms with Crippen LogP contribution in [0.2, 0.25) is 5.02 Å². The molecule has 2 rings (SSSR count). The van der Waals surface area contributed by atoms with Gasteiger partial charge in [-0.05, 0) is 36.5 Å². The minimum atomic E-state index is -4.48. The Morgan fingerprint density at radius 1 is 1.26 bits per heavy atom. The number of anilines is 1. The summed E-state index contributed by atoms with van der Waals surface area (Å²) in [5.74, 6) is 0.831. The van der Waals surface area contributed by atoms with Crippen LogP contribution in [0.25, 0.3) is 0 Å². The SMILES string of the molecule is C[C@@H]1[C@H](C)CCC[C@H]1NC(=O)Nc1cc(C(F)(F)F)ccc1Cl. The van der Waals surface area contributed by atoms with Gasteiger partial charge in [-0.1, -0.05) is 38.3 Å². The maximum Gasteiger partial charge on any atom is 0.416 e. The molecule has 3 atom stereocenters. The van der Waals surface area contributed by atoms with Crippen LogP contribution in [0, 0.1) is 11.8 Å². The summed E-state index contributed by atoms with van der Waals surface area (Å²) >= 11 is 5.88. The van der Waals surface area contributed by atoms with Crippen molar-refractivity contribution >= 4 is 23.3 Å². The smallest absolute Gasteiger partial charge is 0.335 e. The van der Waals surface area contributed by atoms with Crippen LogP contribution in [-0.2, 0) is 6.18 Å². The molecular formula is C16H20ClF3N2O. The number of benzene rings is 1. The minimum Gasteiger partial charge on any atom is -0.335 e. The average Bonchev–Trinajstić information content (AvgIpc) is 2.45. The fraction of sp³-hybridized carbons (Fsp3) is 0.562. The summed E-state index contributed by atoms with van der Waals surface area (Å²) in [6.07, 6.45) is -1.46. The molecule has 2 N–H and O–H groups in total. The molecule has 0 spiro atoms. The van der Waals surface area contributed by atoms with Gasteiger partial charge in [0, 0.05) is 6.04 Å². The zero-order valence-electron chi connectivity index (χ0n) is 13.0. The monoisotopic (exact) mass is 348 g/mol. The second-order valence-electron chi connectivity index (χ2n) is 6.16. The van der Waals surface area contributed by atoms with E-state index in [1.807, 2.05) is 0 Å². The fourth-order valence-electron chi connectivity index (χ4n) is 2.91. The number of urea groups is 1. The van der Waals surface area contributed by atoms with Gasteiger partial charge < -0.3 is 10.6 Å². The Kier molecular flexibility index (Phi) is 5.45. The molecule has 1 aromatic carbocycles. The molecule has 1 aliphatic rings. The van der Waals surface area contributed by atoms with Crippen molar-refractivity contribution in [3.63, 3.8) is 0 Å². The minimum absolute atomic E-state index is 0.0170. The van der Waals surface area contributed by atoms with Gasteiger partial charge in [-0.25, -0.2) is 4.79 Å². The van der Waals surface area contributed by atoms with Gasteiger partial charge in [-0.2, -0.15) is 13.2 Å². The van der Waals surface area contributed by atoms with Crippen LogP contribution in [-0.4, -0.2) is 12.1 Å². The number of hydrogen-bond donors (Lipinski definition) is 2. The number of carbonyl (C=O) groups is 1. The maximum absolute atomic E-state index is 12.7. The quantitative estimate of drug-likeness (QED) is 0.747. The van der Waals surface area contributed by atoms with Crippen molar-refractivity contribution in [2.24, 2.45) is 11.8 Å². The van der Waals surface area contributed by atoms with Gasteiger partial charge in [-0.3, -0.25) is 0 Å². The Morgan fingerprint density at radius 3 is 2.61 bits per heavy atom. The lowest BCUT2D eigenvalue weighted by Crippen LogP contribution is -2.45. The molecular weight excluding hydrogens is 329 g/mol. The molecule has 1 saturated carbocycles. The van der Waals surface area contributed by atoms with E-state index in [4.69, 9.17) is 11.6 Å². The molecule has 2 amide bonds. The molecule has 0 unspecified atom stereocenters. The van der Waals surface area contributed by atoms with Crippen LogP contribution >= 0.6 is 11.6 Å². The molecule has 1 aromatic rings. The van der Waals surface area contributed by atoms with Crippen molar-refractivity contribution in [2.45, 2.75) is 45.3 Å². The van der Waals surface area contributed by atoms with Crippen molar-refractivity contribution in [3.05, 3.63) is 28.8 Å². The molecule has 128 valence electrons. The van der Waals surface area contributed by atoms with Crippen LogP contribution in [0.4, 0.5) is 23.7 Å². The Balaban J connectivity index is 2.05. The molecule has 0 aromatic heterocycles. The van der Waals surface area contributed by atoms with Crippen LogP contribution in [0.1, 0.15) is 38.7 Å². The van der Waals surface area contributed by atoms with E-state index in [-0.39, 0.29) is 16.8 Å². The van der Waals surface area contributed by atoms with Crippen molar-refractivity contribution in [1.82, 2.24) is 5.32 Å². The molecule has 0 radical (unpaired) electrons. The van der Waals surface area contributed by atoms with Crippen LogP contribution in [0.15, 0.2) is 18.2 Å². The van der Waals surface area contributed by atoms with Crippen molar-refractivity contribution in [2.75, 3.05) is 5.32 Å². The van der Waals surface area contributed by atoms with E-state index in [9.17, 15) is 18.0 Å².